The third kappa shape index (κ3) is 1.92. The highest BCUT2D eigenvalue weighted by atomic mass is 15.3. The lowest BCUT2D eigenvalue weighted by Crippen LogP contribution is -2.02. The number of hydrogen-bond donors (Lipinski definition) is 0. The Labute approximate surface area is 101 Å². The summed E-state index contributed by atoms with van der Waals surface area (Å²) >= 11 is 0. The van der Waals surface area contributed by atoms with E-state index in [1.54, 1.807) is 23.0 Å². The largest absolute Gasteiger partial charge is 0.237 e. The van der Waals surface area contributed by atoms with Gasteiger partial charge in [-0.25, -0.2) is 9.67 Å². The van der Waals surface area contributed by atoms with Gasteiger partial charge in [0.1, 0.15) is 0 Å². The van der Waals surface area contributed by atoms with E-state index >= 15 is 0 Å². The van der Waals surface area contributed by atoms with E-state index in [-0.39, 0.29) is 0 Å². The van der Waals surface area contributed by atoms with Crippen LogP contribution in [-0.4, -0.2) is 14.8 Å². The van der Waals surface area contributed by atoms with Gasteiger partial charge in [0.05, 0.1) is 17.3 Å². The van der Waals surface area contributed by atoms with E-state index in [1.807, 2.05) is 13.8 Å². The molecule has 2 aromatic rings. The molecular weight excluding hydrogens is 212 g/mol. The highest BCUT2D eigenvalue weighted by Crippen LogP contribution is 2.17. The molecule has 2 rings (SSSR count). The predicted molar refractivity (Wildman–Crippen MR) is 64.9 cm³/mol. The van der Waals surface area contributed by atoms with Crippen LogP contribution in [0.15, 0.2) is 18.3 Å². The molecule has 86 valence electrons. The van der Waals surface area contributed by atoms with E-state index in [0.717, 1.165) is 17.8 Å². The minimum atomic E-state index is 0.598. The molecule has 2 heterocycles. The van der Waals surface area contributed by atoms with E-state index in [4.69, 9.17) is 5.26 Å². The molecule has 0 atom stereocenters. The SMILES string of the molecule is CCc1c(C)nn(-c2cc(C#N)ccn2)c1C. The fourth-order valence-electron chi connectivity index (χ4n) is 2.01. The summed E-state index contributed by atoms with van der Waals surface area (Å²) < 4.78 is 1.80. The number of nitrogens with zero attached hydrogens (tertiary/aromatic N) is 4. The van der Waals surface area contributed by atoms with Crippen molar-refractivity contribution in [3.8, 4) is 11.9 Å². The van der Waals surface area contributed by atoms with Gasteiger partial charge in [-0.2, -0.15) is 10.4 Å². The fraction of sp³-hybridized carbons (Fsp3) is 0.308. The quantitative estimate of drug-likeness (QED) is 0.789. The first-order valence-corrected chi connectivity index (χ1v) is 5.59. The molecule has 17 heavy (non-hydrogen) atoms. The first kappa shape index (κ1) is 11.3. The van der Waals surface area contributed by atoms with Crippen molar-refractivity contribution in [3.05, 3.63) is 40.8 Å². The Bertz CT molecular complexity index is 590. The van der Waals surface area contributed by atoms with Crippen LogP contribution < -0.4 is 0 Å². The first-order valence-electron chi connectivity index (χ1n) is 5.59. The highest BCUT2D eigenvalue weighted by molar-refractivity contribution is 5.38. The van der Waals surface area contributed by atoms with E-state index in [1.165, 1.54) is 5.56 Å². The number of hydrogen-bond acceptors (Lipinski definition) is 3. The second-order valence-corrected chi connectivity index (χ2v) is 3.93. The Morgan fingerprint density at radius 3 is 2.76 bits per heavy atom. The van der Waals surface area contributed by atoms with Crippen LogP contribution >= 0.6 is 0 Å². The maximum Gasteiger partial charge on any atom is 0.154 e. The zero-order chi connectivity index (χ0) is 12.4. The van der Waals surface area contributed by atoms with Gasteiger partial charge in [0.25, 0.3) is 0 Å². The van der Waals surface area contributed by atoms with Crippen LogP contribution in [0.2, 0.25) is 0 Å². The zero-order valence-electron chi connectivity index (χ0n) is 10.2. The molecule has 0 N–H and O–H groups in total. The van der Waals surface area contributed by atoms with Crippen molar-refractivity contribution in [3.63, 3.8) is 0 Å². The monoisotopic (exact) mass is 226 g/mol. The summed E-state index contributed by atoms with van der Waals surface area (Å²) in [6, 6.07) is 5.55. The minimum Gasteiger partial charge on any atom is -0.237 e. The fourth-order valence-corrected chi connectivity index (χ4v) is 2.01. The van der Waals surface area contributed by atoms with Gasteiger partial charge < -0.3 is 0 Å². The summed E-state index contributed by atoms with van der Waals surface area (Å²) in [5, 5.41) is 13.3. The van der Waals surface area contributed by atoms with Crippen LogP contribution in [0.5, 0.6) is 0 Å². The highest BCUT2D eigenvalue weighted by Gasteiger charge is 2.11. The molecule has 2 aromatic heterocycles. The Kier molecular flexibility index (Phi) is 2.92. The van der Waals surface area contributed by atoms with Gasteiger partial charge in [-0.05, 0) is 31.9 Å². The molecule has 0 aliphatic heterocycles. The topological polar surface area (TPSA) is 54.5 Å². The average Bonchev–Trinajstić information content (AvgIpc) is 2.64. The summed E-state index contributed by atoms with van der Waals surface area (Å²) in [7, 11) is 0. The van der Waals surface area contributed by atoms with Crippen LogP contribution in [0.25, 0.3) is 5.82 Å². The van der Waals surface area contributed by atoms with E-state index in [2.05, 4.69) is 23.1 Å². The van der Waals surface area contributed by atoms with Crippen molar-refractivity contribution in [2.75, 3.05) is 0 Å². The molecule has 0 fully saturated rings. The lowest BCUT2D eigenvalue weighted by Gasteiger charge is -2.03. The molecule has 0 aliphatic rings. The van der Waals surface area contributed by atoms with Gasteiger partial charge in [0.2, 0.25) is 0 Å². The minimum absolute atomic E-state index is 0.598. The van der Waals surface area contributed by atoms with Crippen molar-refractivity contribution < 1.29 is 0 Å². The molecule has 0 spiro atoms. The van der Waals surface area contributed by atoms with Crippen LogP contribution in [0.4, 0.5) is 0 Å². The van der Waals surface area contributed by atoms with E-state index < -0.39 is 0 Å². The lowest BCUT2D eigenvalue weighted by molar-refractivity contribution is 0.804. The maximum atomic E-state index is 8.88. The molecule has 4 heteroatoms. The number of aryl methyl sites for hydroxylation is 1. The van der Waals surface area contributed by atoms with Gasteiger partial charge in [-0.1, -0.05) is 6.92 Å². The third-order valence-corrected chi connectivity index (χ3v) is 2.89. The van der Waals surface area contributed by atoms with Gasteiger partial charge in [0.15, 0.2) is 5.82 Å². The van der Waals surface area contributed by atoms with Crippen LogP contribution in [0.3, 0.4) is 0 Å². The summed E-state index contributed by atoms with van der Waals surface area (Å²) in [4.78, 5) is 4.26. The molecule has 0 aromatic carbocycles. The van der Waals surface area contributed by atoms with Crippen LogP contribution in [0.1, 0.15) is 29.4 Å². The van der Waals surface area contributed by atoms with E-state index in [0.29, 0.717) is 11.4 Å². The molecule has 0 radical (unpaired) electrons. The molecule has 0 unspecified atom stereocenters. The van der Waals surface area contributed by atoms with Crippen LogP contribution in [-0.2, 0) is 6.42 Å². The third-order valence-electron chi connectivity index (χ3n) is 2.89. The normalized spacial score (nSPS) is 10.2. The van der Waals surface area contributed by atoms with Crippen molar-refractivity contribution in [1.29, 1.82) is 5.26 Å². The van der Waals surface area contributed by atoms with Gasteiger partial charge in [-0.15, -0.1) is 0 Å². The second-order valence-electron chi connectivity index (χ2n) is 3.93. The molecule has 0 saturated carbocycles. The summed E-state index contributed by atoms with van der Waals surface area (Å²) in [5.41, 5.74) is 3.96. The second kappa shape index (κ2) is 4.38. The Morgan fingerprint density at radius 1 is 1.41 bits per heavy atom. The molecule has 4 nitrogen and oxygen atoms in total. The molecular formula is C13H14N4. The van der Waals surface area contributed by atoms with Crippen molar-refractivity contribution in [1.82, 2.24) is 14.8 Å². The number of rotatable bonds is 2. The zero-order valence-corrected chi connectivity index (χ0v) is 10.2. The molecule has 0 bridgehead atoms. The molecule has 0 saturated heterocycles. The number of nitriles is 1. The van der Waals surface area contributed by atoms with Crippen molar-refractivity contribution >= 4 is 0 Å². The van der Waals surface area contributed by atoms with Gasteiger partial charge in [0, 0.05) is 18.0 Å². The van der Waals surface area contributed by atoms with E-state index in [9.17, 15) is 0 Å². The Hall–Kier alpha value is -2.15. The Morgan fingerprint density at radius 2 is 2.18 bits per heavy atom. The maximum absolute atomic E-state index is 8.88. The van der Waals surface area contributed by atoms with Gasteiger partial charge in [-0.3, -0.25) is 0 Å². The van der Waals surface area contributed by atoms with Gasteiger partial charge >= 0.3 is 0 Å². The van der Waals surface area contributed by atoms with Crippen molar-refractivity contribution in [2.45, 2.75) is 27.2 Å². The Balaban J connectivity index is 2.57. The number of pyridine rings is 1. The first-order chi connectivity index (χ1) is 8.17. The number of aromatic nitrogens is 3. The van der Waals surface area contributed by atoms with Crippen molar-refractivity contribution in [2.24, 2.45) is 0 Å². The molecule has 0 amide bonds. The standard InChI is InChI=1S/C13H14N4/c1-4-12-9(2)16-17(10(12)3)13-7-11(8-14)5-6-15-13/h5-7H,4H2,1-3H3. The summed E-state index contributed by atoms with van der Waals surface area (Å²) in [6.45, 7) is 6.14. The smallest absolute Gasteiger partial charge is 0.154 e. The average molecular weight is 226 g/mol. The molecule has 0 aliphatic carbocycles. The predicted octanol–water partition coefficient (Wildman–Crippen LogP) is 2.32. The lowest BCUT2D eigenvalue weighted by atomic mass is 10.1. The summed E-state index contributed by atoms with van der Waals surface area (Å²) in [6.07, 6.45) is 2.59. The van der Waals surface area contributed by atoms with Crippen LogP contribution in [0, 0.1) is 25.2 Å². The summed E-state index contributed by atoms with van der Waals surface area (Å²) in [5.74, 6) is 0.698.